The molecule has 0 unspecified atom stereocenters. The molecule has 0 aliphatic rings. The van der Waals surface area contributed by atoms with Gasteiger partial charge in [-0.25, -0.2) is 0 Å². The number of hydrogen-bond acceptors (Lipinski definition) is 4. The highest BCUT2D eigenvalue weighted by Gasteiger charge is 2.28. The first-order valence-corrected chi connectivity index (χ1v) is 10.7. The van der Waals surface area contributed by atoms with Gasteiger partial charge in [-0.15, -0.1) is 0 Å². The fourth-order valence-electron chi connectivity index (χ4n) is 2.99. The Kier molecular flexibility index (Phi) is 8.83. The van der Waals surface area contributed by atoms with Gasteiger partial charge in [-0.05, 0) is 38.0 Å². The Labute approximate surface area is 191 Å². The second-order valence-electron chi connectivity index (χ2n) is 7.33. The molecule has 0 radical (unpaired) electrons. The molecule has 2 atom stereocenters. The molecule has 7 nitrogen and oxygen atoms in total. The molecular formula is C22H25Cl2N3O4. The summed E-state index contributed by atoms with van der Waals surface area (Å²) in [4.78, 5) is 38.1. The summed E-state index contributed by atoms with van der Waals surface area (Å²) in [7, 11) is 0. The van der Waals surface area contributed by atoms with Crippen molar-refractivity contribution in [3.05, 3.63) is 73.8 Å². The molecule has 2 rings (SSSR count). The van der Waals surface area contributed by atoms with Gasteiger partial charge in [-0.2, -0.15) is 0 Å². The molecule has 0 aliphatic carbocycles. The van der Waals surface area contributed by atoms with Crippen molar-refractivity contribution in [3.63, 3.8) is 0 Å². The number of nitro groups is 1. The fraction of sp³-hybridized carbons (Fsp3) is 0.364. The van der Waals surface area contributed by atoms with E-state index in [0.29, 0.717) is 15.6 Å². The van der Waals surface area contributed by atoms with E-state index in [1.165, 1.54) is 17.0 Å². The summed E-state index contributed by atoms with van der Waals surface area (Å²) >= 11 is 12.1. The highest BCUT2D eigenvalue weighted by Crippen LogP contribution is 2.25. The van der Waals surface area contributed by atoms with Crippen LogP contribution in [0.25, 0.3) is 0 Å². The number of nitro benzene ring substituents is 1. The first kappa shape index (κ1) is 24.6. The molecule has 2 aromatic rings. The number of carbonyl (C=O) groups is 2. The first-order valence-electron chi connectivity index (χ1n) is 9.90. The van der Waals surface area contributed by atoms with E-state index >= 15 is 0 Å². The van der Waals surface area contributed by atoms with Crippen LogP contribution in [0, 0.1) is 10.1 Å². The summed E-state index contributed by atoms with van der Waals surface area (Å²) < 4.78 is 0. The lowest BCUT2D eigenvalue weighted by Gasteiger charge is -2.30. The van der Waals surface area contributed by atoms with Gasteiger partial charge in [0, 0.05) is 24.2 Å². The molecule has 2 aromatic carbocycles. The second kappa shape index (κ2) is 11.1. The summed E-state index contributed by atoms with van der Waals surface area (Å²) in [5, 5.41) is 14.9. The Morgan fingerprint density at radius 3 is 2.42 bits per heavy atom. The topological polar surface area (TPSA) is 92.6 Å². The molecule has 0 bridgehead atoms. The van der Waals surface area contributed by atoms with Gasteiger partial charge in [-0.1, -0.05) is 54.4 Å². The average molecular weight is 466 g/mol. The summed E-state index contributed by atoms with van der Waals surface area (Å²) in [5.74, 6) is -0.711. The number of nitrogens with zero attached hydrogens (tertiary/aromatic N) is 2. The molecule has 0 saturated carbocycles. The number of amides is 2. The van der Waals surface area contributed by atoms with E-state index in [0.717, 1.165) is 6.42 Å². The quantitative estimate of drug-likeness (QED) is 0.426. The fourth-order valence-corrected chi connectivity index (χ4v) is 3.31. The molecule has 0 aliphatic heterocycles. The van der Waals surface area contributed by atoms with E-state index in [1.807, 2.05) is 13.8 Å². The van der Waals surface area contributed by atoms with Gasteiger partial charge in [0.2, 0.25) is 11.8 Å². The van der Waals surface area contributed by atoms with Gasteiger partial charge in [-0.3, -0.25) is 19.7 Å². The molecule has 0 aromatic heterocycles. The number of para-hydroxylation sites is 1. The van der Waals surface area contributed by atoms with Crippen LogP contribution in [0.2, 0.25) is 10.0 Å². The molecule has 0 fully saturated rings. The van der Waals surface area contributed by atoms with Crippen LogP contribution in [0.1, 0.15) is 38.3 Å². The van der Waals surface area contributed by atoms with Crippen molar-refractivity contribution in [3.8, 4) is 0 Å². The Morgan fingerprint density at radius 2 is 1.81 bits per heavy atom. The van der Waals surface area contributed by atoms with Crippen molar-refractivity contribution < 1.29 is 14.5 Å². The molecule has 0 spiro atoms. The third-order valence-electron chi connectivity index (χ3n) is 5.04. The number of rotatable bonds is 9. The summed E-state index contributed by atoms with van der Waals surface area (Å²) in [5.41, 5.74) is 0.835. The van der Waals surface area contributed by atoms with E-state index in [2.05, 4.69) is 5.32 Å². The number of hydrogen-bond donors (Lipinski definition) is 1. The van der Waals surface area contributed by atoms with Crippen LogP contribution in [-0.4, -0.2) is 33.7 Å². The number of benzene rings is 2. The lowest BCUT2D eigenvalue weighted by molar-refractivity contribution is -0.385. The van der Waals surface area contributed by atoms with Gasteiger partial charge in [0.1, 0.15) is 6.04 Å². The normalized spacial score (nSPS) is 12.7. The van der Waals surface area contributed by atoms with Crippen molar-refractivity contribution in [2.45, 2.75) is 52.2 Å². The van der Waals surface area contributed by atoms with Crippen molar-refractivity contribution in [2.75, 3.05) is 0 Å². The van der Waals surface area contributed by atoms with Gasteiger partial charge in [0.15, 0.2) is 0 Å². The molecule has 31 heavy (non-hydrogen) atoms. The Bertz CT molecular complexity index is 968. The molecular weight excluding hydrogens is 441 g/mol. The maximum absolute atomic E-state index is 13.2. The Balaban J connectivity index is 2.33. The number of carbonyl (C=O) groups excluding carboxylic acids is 2. The van der Waals surface area contributed by atoms with Gasteiger partial charge >= 0.3 is 0 Å². The summed E-state index contributed by atoms with van der Waals surface area (Å²) in [6.07, 6.45) is 0.537. The summed E-state index contributed by atoms with van der Waals surface area (Å²) in [6.45, 7) is 5.56. The Morgan fingerprint density at radius 1 is 1.13 bits per heavy atom. The van der Waals surface area contributed by atoms with Gasteiger partial charge in [0.05, 0.1) is 21.4 Å². The largest absolute Gasteiger partial charge is 0.352 e. The maximum Gasteiger partial charge on any atom is 0.273 e. The lowest BCUT2D eigenvalue weighted by Crippen LogP contribution is -2.49. The monoisotopic (exact) mass is 465 g/mol. The minimum absolute atomic E-state index is 0.0490. The van der Waals surface area contributed by atoms with Crippen molar-refractivity contribution >= 4 is 40.7 Å². The lowest BCUT2D eigenvalue weighted by atomic mass is 10.1. The van der Waals surface area contributed by atoms with Crippen LogP contribution in [0.15, 0.2) is 42.5 Å². The van der Waals surface area contributed by atoms with Crippen LogP contribution in [0.5, 0.6) is 0 Å². The molecule has 0 saturated heterocycles. The molecule has 2 amide bonds. The van der Waals surface area contributed by atoms with Crippen molar-refractivity contribution in [1.82, 2.24) is 10.2 Å². The highest BCUT2D eigenvalue weighted by molar-refractivity contribution is 6.42. The minimum Gasteiger partial charge on any atom is -0.352 e. The zero-order valence-electron chi connectivity index (χ0n) is 17.6. The van der Waals surface area contributed by atoms with Gasteiger partial charge < -0.3 is 10.2 Å². The van der Waals surface area contributed by atoms with E-state index in [9.17, 15) is 19.7 Å². The van der Waals surface area contributed by atoms with Crippen LogP contribution >= 0.6 is 23.2 Å². The third-order valence-corrected chi connectivity index (χ3v) is 5.77. The summed E-state index contributed by atoms with van der Waals surface area (Å²) in [6, 6.07) is 10.2. The smallest absolute Gasteiger partial charge is 0.273 e. The Hall–Kier alpha value is -2.64. The first-order chi connectivity index (χ1) is 14.6. The van der Waals surface area contributed by atoms with Gasteiger partial charge in [0.25, 0.3) is 5.69 Å². The minimum atomic E-state index is -0.793. The molecule has 9 heteroatoms. The zero-order chi connectivity index (χ0) is 23.1. The van der Waals surface area contributed by atoms with Crippen LogP contribution in [-0.2, 0) is 22.6 Å². The number of halogens is 2. The molecule has 166 valence electrons. The van der Waals surface area contributed by atoms with Crippen LogP contribution < -0.4 is 5.32 Å². The highest BCUT2D eigenvalue weighted by atomic mass is 35.5. The van der Waals surface area contributed by atoms with Crippen molar-refractivity contribution in [1.29, 1.82) is 0 Å². The van der Waals surface area contributed by atoms with Crippen LogP contribution in [0.3, 0.4) is 0 Å². The maximum atomic E-state index is 13.2. The zero-order valence-corrected chi connectivity index (χ0v) is 19.1. The predicted molar refractivity (Wildman–Crippen MR) is 121 cm³/mol. The van der Waals surface area contributed by atoms with E-state index in [4.69, 9.17) is 23.2 Å². The van der Waals surface area contributed by atoms with Crippen molar-refractivity contribution in [2.24, 2.45) is 0 Å². The van der Waals surface area contributed by atoms with E-state index in [1.54, 1.807) is 37.3 Å². The molecule has 1 N–H and O–H groups in total. The predicted octanol–water partition coefficient (Wildman–Crippen LogP) is 4.78. The van der Waals surface area contributed by atoms with E-state index in [-0.39, 0.29) is 36.2 Å². The second-order valence-corrected chi connectivity index (χ2v) is 8.14. The standard InChI is InChI=1S/C22H25Cl2N3O4/c1-4-14(2)25-22(29)15(3)26(13-16-9-10-18(23)19(24)11-16)21(28)12-17-7-5-6-8-20(17)27(30)31/h5-11,14-15H,4,12-13H2,1-3H3,(H,25,29)/t14-,15+/m0/s1. The third kappa shape index (κ3) is 6.67. The molecule has 0 heterocycles. The van der Waals surface area contributed by atoms with Crippen LogP contribution in [0.4, 0.5) is 5.69 Å². The average Bonchev–Trinajstić information content (AvgIpc) is 2.73. The van der Waals surface area contributed by atoms with E-state index < -0.39 is 16.9 Å². The number of nitrogens with one attached hydrogen (secondary N) is 1. The SMILES string of the molecule is CC[C@H](C)NC(=O)[C@@H](C)N(Cc1ccc(Cl)c(Cl)c1)C(=O)Cc1ccccc1[N+](=O)[O-].